The maximum atomic E-state index is 14.0. The van der Waals surface area contributed by atoms with Crippen LogP contribution < -0.4 is 21.7 Å². The zero-order chi connectivity index (χ0) is 26.6. The molecule has 3 aromatic rings. The number of nitrogen functional groups attached to an aromatic ring is 1. The molecule has 5 N–H and O–H groups in total. The van der Waals surface area contributed by atoms with Crippen molar-refractivity contribution in [2.45, 2.75) is 40.2 Å². The first-order valence-corrected chi connectivity index (χ1v) is 12.3. The molecule has 0 aliphatic carbocycles. The summed E-state index contributed by atoms with van der Waals surface area (Å²) in [6.45, 7) is 8.17. The fourth-order valence-electron chi connectivity index (χ4n) is 3.73. The van der Waals surface area contributed by atoms with E-state index in [1.54, 1.807) is 6.07 Å². The first kappa shape index (κ1) is 26.8. The van der Waals surface area contributed by atoms with Crippen LogP contribution in [0.1, 0.15) is 63.2 Å². The Balaban J connectivity index is 2.21. The lowest BCUT2D eigenvalue weighted by Gasteiger charge is -2.32. The number of halogens is 1. The van der Waals surface area contributed by atoms with Crippen LogP contribution in [0.3, 0.4) is 0 Å². The van der Waals surface area contributed by atoms with Crippen molar-refractivity contribution in [3.63, 3.8) is 0 Å². The van der Waals surface area contributed by atoms with E-state index in [0.29, 0.717) is 23.7 Å². The number of aromatic nitrogens is 1. The van der Waals surface area contributed by atoms with Crippen LogP contribution in [0.15, 0.2) is 42.5 Å². The Labute approximate surface area is 213 Å². The van der Waals surface area contributed by atoms with Gasteiger partial charge in [-0.15, -0.1) is 0 Å². The summed E-state index contributed by atoms with van der Waals surface area (Å²) in [5.74, 6) is -2.03. The van der Waals surface area contributed by atoms with Crippen molar-refractivity contribution < 1.29 is 18.8 Å². The number of anilines is 2. The summed E-state index contributed by atoms with van der Waals surface area (Å²) >= 11 is 0.735. The minimum atomic E-state index is -1.15. The van der Waals surface area contributed by atoms with Gasteiger partial charge in [0.25, 0.3) is 11.8 Å². The van der Waals surface area contributed by atoms with Gasteiger partial charge < -0.3 is 16.8 Å². The van der Waals surface area contributed by atoms with E-state index in [1.165, 1.54) is 29.2 Å². The molecule has 8 nitrogen and oxygen atoms in total. The Morgan fingerprint density at radius 1 is 1.11 bits per heavy atom. The van der Waals surface area contributed by atoms with Crippen LogP contribution in [0.25, 0.3) is 0 Å². The third-order valence-electron chi connectivity index (χ3n) is 5.71. The van der Waals surface area contributed by atoms with Gasteiger partial charge >= 0.3 is 0 Å². The number of carbonyl (C=O) groups excluding carboxylic acids is 3. The Morgan fingerprint density at radius 3 is 2.36 bits per heavy atom. The average Bonchev–Trinajstić information content (AvgIpc) is 3.21. The Kier molecular flexibility index (Phi) is 8.41. The minimum Gasteiger partial charge on any atom is -0.395 e. The lowest BCUT2D eigenvalue weighted by Crippen LogP contribution is -2.44. The summed E-state index contributed by atoms with van der Waals surface area (Å²) in [6, 6.07) is 9.79. The van der Waals surface area contributed by atoms with Crippen LogP contribution in [-0.4, -0.2) is 28.6 Å². The molecule has 3 rings (SSSR count). The van der Waals surface area contributed by atoms with Crippen molar-refractivity contribution in [2.75, 3.05) is 17.2 Å². The van der Waals surface area contributed by atoms with Crippen molar-refractivity contribution in [2.24, 2.45) is 11.7 Å². The summed E-state index contributed by atoms with van der Waals surface area (Å²) in [5, 5.41) is 2.91. The molecule has 0 aliphatic heterocycles. The van der Waals surface area contributed by atoms with Crippen molar-refractivity contribution in [3.8, 4) is 0 Å². The van der Waals surface area contributed by atoms with Crippen LogP contribution >= 0.6 is 11.5 Å². The fraction of sp³-hybridized carbons (Fsp3) is 0.308. The number of nitrogens with two attached hydrogens (primary N) is 2. The molecule has 0 radical (unpaired) electrons. The van der Waals surface area contributed by atoms with Gasteiger partial charge in [0.2, 0.25) is 5.91 Å². The average molecular weight is 512 g/mol. The van der Waals surface area contributed by atoms with E-state index in [9.17, 15) is 18.8 Å². The number of amides is 3. The third kappa shape index (κ3) is 5.88. The van der Waals surface area contributed by atoms with Gasteiger partial charge in [-0.05, 0) is 72.6 Å². The quantitative estimate of drug-likeness (QED) is 0.397. The number of hydrogen-bond acceptors (Lipinski definition) is 6. The second-order valence-electron chi connectivity index (χ2n) is 9.03. The molecule has 1 heterocycles. The summed E-state index contributed by atoms with van der Waals surface area (Å²) in [4.78, 5) is 40.7. The van der Waals surface area contributed by atoms with E-state index in [0.717, 1.165) is 29.1 Å². The number of rotatable bonds is 9. The van der Waals surface area contributed by atoms with E-state index in [-0.39, 0.29) is 16.3 Å². The SMILES string of the molecule is Cc1ccc(C)c(N(C(=O)c2snc(C(N)=O)c2N)[C@H](C(=O)NCCC(C)C)c2ccc(F)cc2)c1. The molecule has 0 spiro atoms. The molecule has 2 aromatic carbocycles. The summed E-state index contributed by atoms with van der Waals surface area (Å²) in [6.07, 6.45) is 0.739. The number of nitrogens with one attached hydrogen (secondary N) is 1. The normalized spacial score (nSPS) is 11.8. The molecule has 10 heteroatoms. The first-order chi connectivity index (χ1) is 17.0. The van der Waals surface area contributed by atoms with Crippen LogP contribution in [0.5, 0.6) is 0 Å². The largest absolute Gasteiger partial charge is 0.395 e. The number of primary amides is 1. The van der Waals surface area contributed by atoms with Gasteiger partial charge in [-0.3, -0.25) is 19.3 Å². The number of nitrogens with zero attached hydrogens (tertiary/aromatic N) is 2. The van der Waals surface area contributed by atoms with Gasteiger partial charge in [0.15, 0.2) is 5.69 Å². The third-order valence-corrected chi connectivity index (χ3v) is 6.56. The first-order valence-electron chi connectivity index (χ1n) is 11.5. The maximum absolute atomic E-state index is 14.0. The van der Waals surface area contributed by atoms with Gasteiger partial charge in [0.1, 0.15) is 16.7 Å². The summed E-state index contributed by atoms with van der Waals surface area (Å²) in [7, 11) is 0. The molecule has 1 aromatic heterocycles. The van der Waals surface area contributed by atoms with Gasteiger partial charge in [-0.1, -0.05) is 38.1 Å². The highest BCUT2D eigenvalue weighted by atomic mass is 32.1. The topological polar surface area (TPSA) is 131 Å². The minimum absolute atomic E-state index is 0.0215. The van der Waals surface area contributed by atoms with Crippen LogP contribution in [0.4, 0.5) is 15.8 Å². The van der Waals surface area contributed by atoms with Crippen molar-refractivity contribution in [1.82, 2.24) is 9.69 Å². The monoisotopic (exact) mass is 511 g/mol. The zero-order valence-corrected chi connectivity index (χ0v) is 21.5. The van der Waals surface area contributed by atoms with Crippen molar-refractivity contribution in [1.29, 1.82) is 0 Å². The Morgan fingerprint density at radius 2 is 1.78 bits per heavy atom. The number of aryl methyl sites for hydroxylation is 2. The maximum Gasteiger partial charge on any atom is 0.273 e. The number of hydrogen-bond donors (Lipinski definition) is 3. The number of carbonyl (C=O) groups is 3. The van der Waals surface area contributed by atoms with Crippen LogP contribution in [-0.2, 0) is 4.79 Å². The predicted molar refractivity (Wildman–Crippen MR) is 139 cm³/mol. The van der Waals surface area contributed by atoms with Gasteiger partial charge in [-0.25, -0.2) is 4.39 Å². The molecule has 3 amide bonds. The molecular weight excluding hydrogens is 481 g/mol. The van der Waals surface area contributed by atoms with Crippen LogP contribution in [0, 0.1) is 25.6 Å². The second-order valence-corrected chi connectivity index (χ2v) is 9.80. The van der Waals surface area contributed by atoms with E-state index in [4.69, 9.17) is 11.5 Å². The molecule has 36 heavy (non-hydrogen) atoms. The zero-order valence-electron chi connectivity index (χ0n) is 20.7. The molecule has 1 atom stereocenters. The summed E-state index contributed by atoms with van der Waals surface area (Å²) in [5.41, 5.74) is 13.6. The van der Waals surface area contributed by atoms with Gasteiger partial charge in [-0.2, -0.15) is 4.37 Å². The van der Waals surface area contributed by atoms with E-state index < -0.39 is 29.6 Å². The Bertz CT molecular complexity index is 1270. The lowest BCUT2D eigenvalue weighted by atomic mass is 10.00. The molecule has 0 saturated carbocycles. The standard InChI is InChI=1S/C26H30FN5O3S/c1-14(2)11-12-30-25(34)22(17-7-9-18(27)10-8-17)32(19-13-15(3)5-6-16(19)4)26(35)23-20(28)21(24(29)33)31-36-23/h5-10,13-14,22H,11-12,28H2,1-4H3,(H2,29,33)(H,30,34)/t22-/m0/s1. The smallest absolute Gasteiger partial charge is 0.273 e. The van der Waals surface area contributed by atoms with Gasteiger partial charge in [0.05, 0.1) is 5.69 Å². The summed E-state index contributed by atoms with van der Waals surface area (Å²) < 4.78 is 17.7. The highest BCUT2D eigenvalue weighted by Gasteiger charge is 2.36. The second kappa shape index (κ2) is 11.3. The molecule has 0 aliphatic rings. The van der Waals surface area contributed by atoms with Crippen molar-refractivity contribution in [3.05, 3.63) is 75.5 Å². The molecular formula is C26H30FN5O3S. The lowest BCUT2D eigenvalue weighted by molar-refractivity contribution is -0.122. The van der Waals surface area contributed by atoms with E-state index >= 15 is 0 Å². The van der Waals surface area contributed by atoms with Gasteiger partial charge in [0, 0.05) is 12.2 Å². The van der Waals surface area contributed by atoms with Crippen molar-refractivity contribution >= 4 is 40.6 Å². The molecule has 0 saturated heterocycles. The molecule has 0 fully saturated rings. The Hall–Kier alpha value is -3.79. The fourth-order valence-corrected chi connectivity index (χ4v) is 4.47. The molecule has 0 bridgehead atoms. The highest BCUT2D eigenvalue weighted by molar-refractivity contribution is 7.09. The van der Waals surface area contributed by atoms with E-state index in [1.807, 2.05) is 39.8 Å². The molecule has 0 unspecified atom stereocenters. The molecule has 190 valence electrons. The van der Waals surface area contributed by atoms with Crippen LogP contribution in [0.2, 0.25) is 0 Å². The van der Waals surface area contributed by atoms with E-state index in [2.05, 4.69) is 9.69 Å². The number of benzene rings is 2. The highest BCUT2D eigenvalue weighted by Crippen LogP contribution is 2.35. The predicted octanol–water partition coefficient (Wildman–Crippen LogP) is 4.13.